The predicted octanol–water partition coefficient (Wildman–Crippen LogP) is 3.88. The van der Waals surface area contributed by atoms with Crippen molar-refractivity contribution in [3.8, 4) is 0 Å². The molecule has 5 heteroatoms. The summed E-state index contributed by atoms with van der Waals surface area (Å²) in [6.07, 6.45) is 9.61. The third-order valence-electron chi connectivity index (χ3n) is 8.60. The number of hydrogen-bond acceptors (Lipinski definition) is 4. The molecule has 2 saturated heterocycles. The molecule has 4 saturated carbocycles. The number of pyridine rings is 1. The molecule has 6 aliphatic rings. The third-order valence-corrected chi connectivity index (χ3v) is 8.60. The first-order valence-corrected chi connectivity index (χ1v) is 12.0. The normalized spacial score (nSPS) is 38.6. The van der Waals surface area contributed by atoms with E-state index >= 15 is 0 Å². The molecule has 1 aromatic rings. The first-order valence-electron chi connectivity index (χ1n) is 12.0. The van der Waals surface area contributed by atoms with Crippen molar-refractivity contribution < 1.29 is 14.3 Å². The zero-order valence-electron chi connectivity index (χ0n) is 18.1. The lowest BCUT2D eigenvalue weighted by atomic mass is 9.49. The first-order chi connectivity index (χ1) is 14.5. The zero-order valence-corrected chi connectivity index (χ0v) is 18.1. The minimum Gasteiger partial charge on any atom is -0.372 e. The Bertz CT molecular complexity index is 796. The summed E-state index contributed by atoms with van der Waals surface area (Å²) in [5, 5.41) is 0. The maximum Gasteiger partial charge on any atom is 0.229 e. The van der Waals surface area contributed by atoms with Gasteiger partial charge < -0.3 is 14.4 Å². The number of aryl methyl sites for hydroxylation is 1. The molecule has 3 heterocycles. The molecular weight excluding hydrogens is 376 g/mol. The van der Waals surface area contributed by atoms with Gasteiger partial charge in [0.15, 0.2) is 0 Å². The molecule has 1 amide bonds. The second-order valence-corrected chi connectivity index (χ2v) is 11.1. The Morgan fingerprint density at radius 2 is 1.83 bits per heavy atom. The van der Waals surface area contributed by atoms with E-state index in [2.05, 4.69) is 9.88 Å². The molecule has 2 aliphatic heterocycles. The van der Waals surface area contributed by atoms with Crippen molar-refractivity contribution in [3.63, 3.8) is 0 Å². The van der Waals surface area contributed by atoms with E-state index in [1.165, 1.54) is 19.3 Å². The third kappa shape index (κ3) is 3.29. The van der Waals surface area contributed by atoms with Crippen LogP contribution in [0.5, 0.6) is 0 Å². The summed E-state index contributed by atoms with van der Waals surface area (Å²) in [7, 11) is 0. The summed E-state index contributed by atoms with van der Waals surface area (Å²) >= 11 is 0. The van der Waals surface area contributed by atoms with E-state index in [-0.39, 0.29) is 17.1 Å². The second-order valence-electron chi connectivity index (χ2n) is 11.1. The van der Waals surface area contributed by atoms with Gasteiger partial charge in [-0.1, -0.05) is 6.07 Å². The highest BCUT2D eigenvalue weighted by Crippen LogP contribution is 2.61. The number of carbonyl (C=O) groups excluding carboxylic acids is 1. The van der Waals surface area contributed by atoms with Crippen molar-refractivity contribution in [2.45, 2.75) is 76.6 Å². The average molecular weight is 411 g/mol. The summed E-state index contributed by atoms with van der Waals surface area (Å²) < 4.78 is 12.4. The Morgan fingerprint density at radius 3 is 2.50 bits per heavy atom. The van der Waals surface area contributed by atoms with Crippen molar-refractivity contribution in [3.05, 3.63) is 29.6 Å². The molecule has 0 aromatic carbocycles. The van der Waals surface area contributed by atoms with Gasteiger partial charge in [0.1, 0.15) is 5.60 Å². The van der Waals surface area contributed by atoms with Gasteiger partial charge in [-0.05, 0) is 81.8 Å². The van der Waals surface area contributed by atoms with Gasteiger partial charge >= 0.3 is 0 Å². The second kappa shape index (κ2) is 7.03. The number of carbonyl (C=O) groups is 1. The molecule has 7 rings (SSSR count). The van der Waals surface area contributed by atoms with E-state index in [0.717, 1.165) is 80.9 Å². The van der Waals surface area contributed by atoms with Crippen molar-refractivity contribution in [2.24, 2.45) is 23.2 Å². The molecule has 1 spiro atoms. The fourth-order valence-corrected chi connectivity index (χ4v) is 7.73. The van der Waals surface area contributed by atoms with Crippen molar-refractivity contribution >= 4 is 5.91 Å². The fourth-order valence-electron chi connectivity index (χ4n) is 7.73. The highest BCUT2D eigenvalue weighted by Gasteiger charge is 2.59. The van der Waals surface area contributed by atoms with Crippen LogP contribution >= 0.6 is 0 Å². The Labute approximate surface area is 179 Å². The van der Waals surface area contributed by atoms with Crippen LogP contribution < -0.4 is 0 Å². The van der Waals surface area contributed by atoms with E-state index < -0.39 is 0 Å². The van der Waals surface area contributed by atoms with Crippen LogP contribution in [-0.4, -0.2) is 47.2 Å². The van der Waals surface area contributed by atoms with Crippen LogP contribution in [0, 0.1) is 30.1 Å². The molecule has 30 heavy (non-hydrogen) atoms. The number of likely N-dealkylation sites (tertiary alicyclic amines) is 1. The lowest BCUT2D eigenvalue weighted by Crippen LogP contribution is -2.70. The molecule has 1 atom stereocenters. The molecule has 4 aliphatic carbocycles. The Kier molecular flexibility index (Phi) is 4.51. The van der Waals surface area contributed by atoms with Gasteiger partial charge in [-0.2, -0.15) is 0 Å². The molecule has 0 radical (unpaired) electrons. The lowest BCUT2D eigenvalue weighted by molar-refractivity contribution is -0.212. The van der Waals surface area contributed by atoms with Crippen LogP contribution in [0.4, 0.5) is 0 Å². The van der Waals surface area contributed by atoms with E-state index in [0.29, 0.717) is 12.5 Å². The topological polar surface area (TPSA) is 51.7 Å². The van der Waals surface area contributed by atoms with Gasteiger partial charge in [-0.15, -0.1) is 0 Å². The highest BCUT2D eigenvalue weighted by molar-refractivity contribution is 5.84. The zero-order chi connectivity index (χ0) is 20.3. The molecule has 0 N–H and O–H groups in total. The highest BCUT2D eigenvalue weighted by atomic mass is 16.5. The summed E-state index contributed by atoms with van der Waals surface area (Å²) in [6, 6.07) is 6.07. The number of amides is 1. The largest absolute Gasteiger partial charge is 0.372 e. The number of rotatable bonds is 4. The van der Waals surface area contributed by atoms with Gasteiger partial charge in [0.25, 0.3) is 0 Å². The molecule has 1 unspecified atom stereocenters. The summed E-state index contributed by atoms with van der Waals surface area (Å²) in [6.45, 7) is 4.81. The predicted molar refractivity (Wildman–Crippen MR) is 113 cm³/mol. The van der Waals surface area contributed by atoms with Gasteiger partial charge in [-0.3, -0.25) is 9.78 Å². The lowest BCUT2D eigenvalue weighted by Gasteiger charge is -2.60. The van der Waals surface area contributed by atoms with Crippen molar-refractivity contribution in [1.82, 2.24) is 9.88 Å². The maximum atomic E-state index is 13.6. The molecular formula is C25H34N2O3. The van der Waals surface area contributed by atoms with Crippen LogP contribution in [0.15, 0.2) is 18.2 Å². The van der Waals surface area contributed by atoms with Crippen molar-refractivity contribution in [1.29, 1.82) is 0 Å². The van der Waals surface area contributed by atoms with E-state index in [4.69, 9.17) is 9.47 Å². The van der Waals surface area contributed by atoms with Gasteiger partial charge in [0.2, 0.25) is 5.91 Å². The van der Waals surface area contributed by atoms with Gasteiger partial charge in [0.05, 0.1) is 36.9 Å². The summed E-state index contributed by atoms with van der Waals surface area (Å²) in [4.78, 5) is 20.2. The number of hydrogen-bond donors (Lipinski definition) is 0. The maximum absolute atomic E-state index is 13.6. The monoisotopic (exact) mass is 410 g/mol. The SMILES string of the molecule is Cc1cccc(COC2CCOC3(C2)CN(C(=O)C24CC5CC(CC(C5)C2)C4)C3)n1. The average Bonchev–Trinajstić information content (AvgIpc) is 2.69. The van der Waals surface area contributed by atoms with Gasteiger partial charge in [0, 0.05) is 18.7 Å². The summed E-state index contributed by atoms with van der Waals surface area (Å²) in [5.41, 5.74) is 1.80. The van der Waals surface area contributed by atoms with E-state index in [1.807, 2.05) is 25.1 Å². The Balaban J connectivity index is 1.06. The van der Waals surface area contributed by atoms with Crippen LogP contribution in [0.2, 0.25) is 0 Å². The molecule has 162 valence electrons. The van der Waals surface area contributed by atoms with E-state index in [9.17, 15) is 4.79 Å². The van der Waals surface area contributed by atoms with Crippen LogP contribution in [0.1, 0.15) is 62.8 Å². The van der Waals surface area contributed by atoms with E-state index in [1.54, 1.807) is 0 Å². The van der Waals surface area contributed by atoms with Gasteiger partial charge in [-0.25, -0.2) is 0 Å². The Morgan fingerprint density at radius 1 is 1.13 bits per heavy atom. The molecule has 1 aromatic heterocycles. The quantitative estimate of drug-likeness (QED) is 0.756. The molecule has 4 bridgehead atoms. The standard InChI is InChI=1S/C25H34N2O3/c1-17-3-2-4-21(26-17)14-29-22-5-6-30-25(13-22)15-27(16-25)23(28)24-10-18-7-19(11-24)9-20(8-18)12-24/h2-4,18-20,22H,5-16H2,1H3. The van der Waals surface area contributed by atoms with Crippen LogP contribution in [0.3, 0.4) is 0 Å². The summed E-state index contributed by atoms with van der Waals surface area (Å²) in [5.74, 6) is 2.89. The minimum atomic E-state index is -0.180. The first kappa shape index (κ1) is 19.2. The number of ether oxygens (including phenoxy) is 2. The van der Waals surface area contributed by atoms with Crippen LogP contribution in [0.25, 0.3) is 0 Å². The smallest absolute Gasteiger partial charge is 0.229 e. The fraction of sp³-hybridized carbons (Fsp3) is 0.760. The Hall–Kier alpha value is -1.46. The molecule has 6 fully saturated rings. The number of aromatic nitrogens is 1. The number of nitrogens with zero attached hydrogens (tertiary/aromatic N) is 2. The minimum absolute atomic E-state index is 0.0300. The van der Waals surface area contributed by atoms with Crippen molar-refractivity contribution in [2.75, 3.05) is 19.7 Å². The van der Waals surface area contributed by atoms with Crippen LogP contribution in [-0.2, 0) is 20.9 Å². The molecule has 5 nitrogen and oxygen atoms in total.